The molecule has 53 heavy (non-hydrogen) atoms. The number of fused-ring (bicyclic) bond motifs is 1. The van der Waals surface area contributed by atoms with Gasteiger partial charge in [-0.25, -0.2) is 14.4 Å². The lowest BCUT2D eigenvalue weighted by Crippen LogP contribution is -2.55. The van der Waals surface area contributed by atoms with Gasteiger partial charge in [0.25, 0.3) is 0 Å². The molecule has 4 rings (SSSR count). The lowest BCUT2D eigenvalue weighted by molar-refractivity contribution is -0.159. The monoisotopic (exact) mass is 744 g/mol. The van der Waals surface area contributed by atoms with E-state index in [1.54, 1.807) is 52.8 Å². The fourth-order valence-corrected chi connectivity index (χ4v) is 5.83. The molecule has 0 spiro atoms. The summed E-state index contributed by atoms with van der Waals surface area (Å²) >= 11 is 0. The maximum atomic E-state index is 13.5. The summed E-state index contributed by atoms with van der Waals surface area (Å²) in [4.78, 5) is 76.9. The molecule has 16 nitrogen and oxygen atoms in total. The fourth-order valence-electron chi connectivity index (χ4n) is 5.83. The first-order chi connectivity index (χ1) is 24.9. The molecule has 2 saturated heterocycles. The van der Waals surface area contributed by atoms with Crippen LogP contribution in [0.4, 0.5) is 0 Å². The third-order valence-corrected chi connectivity index (χ3v) is 8.61. The van der Waals surface area contributed by atoms with Crippen LogP contribution < -0.4 is 10.6 Å². The van der Waals surface area contributed by atoms with Gasteiger partial charge in [-0.1, -0.05) is 32.0 Å². The zero-order valence-electron chi connectivity index (χ0n) is 30.6. The highest BCUT2D eigenvalue weighted by Gasteiger charge is 2.46. The largest absolute Gasteiger partial charge is 0.462 e. The van der Waals surface area contributed by atoms with Crippen molar-refractivity contribution in [1.82, 2.24) is 10.6 Å². The SMILES string of the molecule is C[C@H](O)[C@@H](NC(=O)C1=C[C@H]2OCO[C@H]2[C@H](OC(=O)c2ccccc2C=CC(=O)O[C@H]2C(=O)OCC2(C)C)C1)C(=O)N[C@H](CO)CCC(=O)OC(C)(C)C. The molecule has 2 amide bonds. The van der Waals surface area contributed by atoms with Gasteiger partial charge in [-0.3, -0.25) is 14.4 Å². The second kappa shape index (κ2) is 17.5. The lowest BCUT2D eigenvalue weighted by Gasteiger charge is -2.31. The number of carbonyl (C=O) groups is 6. The van der Waals surface area contributed by atoms with E-state index in [2.05, 4.69) is 10.6 Å². The Balaban J connectivity index is 1.40. The molecule has 3 aliphatic rings. The predicted molar refractivity (Wildman–Crippen MR) is 184 cm³/mol. The van der Waals surface area contributed by atoms with Crippen LogP contribution in [0.5, 0.6) is 0 Å². The van der Waals surface area contributed by atoms with Crippen LogP contribution in [0.3, 0.4) is 0 Å². The van der Waals surface area contributed by atoms with Crippen molar-refractivity contribution in [3.8, 4) is 0 Å². The van der Waals surface area contributed by atoms with Gasteiger partial charge in [0.2, 0.25) is 17.9 Å². The zero-order valence-corrected chi connectivity index (χ0v) is 30.6. The van der Waals surface area contributed by atoms with Gasteiger partial charge >= 0.3 is 23.9 Å². The van der Waals surface area contributed by atoms with Crippen molar-refractivity contribution >= 4 is 41.8 Å². The molecule has 1 aromatic carbocycles. The van der Waals surface area contributed by atoms with E-state index >= 15 is 0 Å². The molecular formula is C37H48N2O14. The summed E-state index contributed by atoms with van der Waals surface area (Å²) in [6.45, 7) is 9.39. The number of benzene rings is 1. The molecule has 2 heterocycles. The maximum Gasteiger partial charge on any atom is 0.348 e. The number of carbonyl (C=O) groups excluding carboxylic acids is 6. The van der Waals surface area contributed by atoms with Crippen LogP contribution in [-0.2, 0) is 52.4 Å². The normalized spacial score (nSPS) is 23.8. The molecule has 7 atom stereocenters. The minimum atomic E-state index is -1.45. The molecule has 4 N–H and O–H groups in total. The number of aliphatic hydroxyl groups is 2. The number of nitrogens with one attached hydrogen (secondary N) is 2. The van der Waals surface area contributed by atoms with Crippen LogP contribution in [0.2, 0.25) is 0 Å². The van der Waals surface area contributed by atoms with Crippen molar-refractivity contribution in [3.05, 3.63) is 53.1 Å². The van der Waals surface area contributed by atoms with Crippen LogP contribution in [0.15, 0.2) is 42.0 Å². The maximum absolute atomic E-state index is 13.5. The van der Waals surface area contributed by atoms with Crippen molar-refractivity contribution in [1.29, 1.82) is 0 Å². The highest BCUT2D eigenvalue weighted by atomic mass is 16.7. The Morgan fingerprint density at radius 3 is 2.43 bits per heavy atom. The van der Waals surface area contributed by atoms with Gasteiger partial charge in [0.1, 0.15) is 43.4 Å². The molecule has 0 saturated carbocycles. The van der Waals surface area contributed by atoms with E-state index in [1.165, 1.54) is 25.1 Å². The van der Waals surface area contributed by atoms with Crippen molar-refractivity contribution in [3.63, 3.8) is 0 Å². The summed E-state index contributed by atoms with van der Waals surface area (Å²) < 4.78 is 32.7. The zero-order chi connectivity index (χ0) is 39.1. The Bertz CT molecular complexity index is 1610. The van der Waals surface area contributed by atoms with Gasteiger partial charge in [-0.15, -0.1) is 0 Å². The molecule has 1 aromatic rings. The number of ether oxygens (including phenoxy) is 6. The standard InChI is InChI=1S/C37H48N2O14/c1-20(41)29(33(45)38-23(17-40)12-14-28(43)53-36(2,3)4)39-32(44)22-15-25-30(50-19-49-25)26(16-22)51-34(46)24-10-8-7-9-21(24)11-13-27(42)52-31-35(47)48-18-37(31,5)6/h7-11,13,15,20,23,25-26,29-31,40-41H,12,14,16-19H2,1-6H3,(H,38,45)(H,39,44)/t20-,23-,25+,26+,29+,30+,31-/m0/s1. The van der Waals surface area contributed by atoms with E-state index in [-0.39, 0.29) is 43.8 Å². The molecule has 2 fully saturated rings. The third-order valence-electron chi connectivity index (χ3n) is 8.61. The smallest absolute Gasteiger partial charge is 0.348 e. The number of amides is 2. The lowest BCUT2D eigenvalue weighted by atomic mass is 9.90. The predicted octanol–water partition coefficient (Wildman–Crippen LogP) is 1.26. The summed E-state index contributed by atoms with van der Waals surface area (Å²) in [5, 5.41) is 25.3. The Morgan fingerprint density at radius 2 is 1.79 bits per heavy atom. The highest BCUT2D eigenvalue weighted by molar-refractivity contribution is 5.98. The van der Waals surface area contributed by atoms with Gasteiger partial charge in [-0.05, 0) is 57.9 Å². The van der Waals surface area contributed by atoms with E-state index < -0.39 is 95.9 Å². The van der Waals surface area contributed by atoms with Crippen molar-refractivity contribution < 1.29 is 67.4 Å². The van der Waals surface area contributed by atoms with Crippen LogP contribution in [-0.4, -0.2) is 114 Å². The topological polar surface area (TPSA) is 222 Å². The molecule has 0 aromatic heterocycles. The van der Waals surface area contributed by atoms with Crippen molar-refractivity contribution in [2.75, 3.05) is 20.0 Å². The number of esters is 4. The highest BCUT2D eigenvalue weighted by Crippen LogP contribution is 2.32. The summed E-state index contributed by atoms with van der Waals surface area (Å²) in [6, 6.07) is 3.99. The average Bonchev–Trinajstić information content (AvgIpc) is 3.67. The fraction of sp³-hybridized carbons (Fsp3) is 0.568. The van der Waals surface area contributed by atoms with Gasteiger partial charge < -0.3 is 49.3 Å². The Kier molecular flexibility index (Phi) is 13.5. The van der Waals surface area contributed by atoms with Gasteiger partial charge in [0.15, 0.2) is 0 Å². The van der Waals surface area contributed by atoms with Crippen LogP contribution >= 0.6 is 0 Å². The minimum Gasteiger partial charge on any atom is -0.462 e. The number of aliphatic hydroxyl groups excluding tert-OH is 2. The minimum absolute atomic E-state index is 0.0501. The van der Waals surface area contributed by atoms with Crippen LogP contribution in [0.1, 0.15) is 76.7 Å². The van der Waals surface area contributed by atoms with Gasteiger partial charge in [-0.2, -0.15) is 0 Å². The average molecular weight is 745 g/mol. The first-order valence-electron chi connectivity index (χ1n) is 17.3. The summed E-state index contributed by atoms with van der Waals surface area (Å²) in [5.41, 5.74) is -0.910. The first-order valence-corrected chi connectivity index (χ1v) is 17.3. The van der Waals surface area contributed by atoms with Crippen LogP contribution in [0, 0.1) is 5.41 Å². The van der Waals surface area contributed by atoms with Gasteiger partial charge in [0.05, 0.1) is 24.3 Å². The second-order valence-electron chi connectivity index (χ2n) is 14.8. The molecule has 290 valence electrons. The van der Waals surface area contributed by atoms with Crippen LogP contribution in [0.25, 0.3) is 6.08 Å². The number of hydrogen-bond acceptors (Lipinski definition) is 14. The van der Waals surface area contributed by atoms with E-state index in [9.17, 15) is 39.0 Å². The van der Waals surface area contributed by atoms with Gasteiger partial charge in [0, 0.05) is 29.9 Å². The third kappa shape index (κ3) is 11.2. The van der Waals surface area contributed by atoms with Crippen molar-refractivity contribution in [2.45, 2.75) is 109 Å². The van der Waals surface area contributed by atoms with E-state index in [1.807, 2.05) is 0 Å². The quantitative estimate of drug-likeness (QED) is 0.120. The van der Waals surface area contributed by atoms with Crippen molar-refractivity contribution in [2.24, 2.45) is 5.41 Å². The molecule has 0 bridgehead atoms. The second-order valence-corrected chi connectivity index (χ2v) is 14.8. The molecule has 1 aliphatic carbocycles. The molecule has 0 radical (unpaired) electrons. The Hall–Kier alpha value is -4.64. The molecule has 16 heteroatoms. The first kappa shape index (κ1) is 41.1. The summed E-state index contributed by atoms with van der Waals surface area (Å²) in [5.74, 6) is -4.29. The van der Waals surface area contributed by atoms with E-state index in [0.717, 1.165) is 6.08 Å². The number of hydrogen-bond donors (Lipinski definition) is 4. The molecular weight excluding hydrogens is 696 g/mol. The number of cyclic esters (lactones) is 1. The Morgan fingerprint density at radius 1 is 1.08 bits per heavy atom. The Labute approximate surface area is 307 Å². The molecule has 2 aliphatic heterocycles. The summed E-state index contributed by atoms with van der Waals surface area (Å²) in [7, 11) is 0. The molecule has 0 unspecified atom stereocenters. The summed E-state index contributed by atoms with van der Waals surface area (Å²) in [6.07, 6.45) is -1.22. The van der Waals surface area contributed by atoms with E-state index in [0.29, 0.717) is 5.56 Å². The number of rotatable bonds is 14. The van der Waals surface area contributed by atoms with E-state index in [4.69, 9.17) is 28.4 Å².